The number of rotatable bonds is 9. The molecule has 0 atom stereocenters. The quantitative estimate of drug-likeness (QED) is 0.271. The summed E-state index contributed by atoms with van der Waals surface area (Å²) in [6.45, 7) is -0.686. The monoisotopic (exact) mass is 599 g/mol. The number of nitrogens with one attached hydrogen (secondary N) is 1. The number of halogens is 3. The van der Waals surface area contributed by atoms with Crippen molar-refractivity contribution in [2.24, 2.45) is 5.10 Å². The van der Waals surface area contributed by atoms with Crippen molar-refractivity contribution in [3.63, 3.8) is 0 Å². The lowest BCUT2D eigenvalue weighted by Crippen LogP contribution is -2.39. The van der Waals surface area contributed by atoms with Crippen molar-refractivity contribution in [3.05, 3.63) is 86.3 Å². The zero-order valence-corrected chi connectivity index (χ0v) is 22.2. The molecule has 35 heavy (non-hydrogen) atoms. The van der Waals surface area contributed by atoms with Gasteiger partial charge in [-0.25, -0.2) is 13.8 Å². The fourth-order valence-electron chi connectivity index (χ4n) is 2.97. The summed E-state index contributed by atoms with van der Waals surface area (Å²) < 4.78 is 33.4. The molecule has 2 N–H and O–H groups in total. The van der Waals surface area contributed by atoms with E-state index in [4.69, 9.17) is 27.9 Å². The number of phenols is 1. The topological polar surface area (TPSA) is 108 Å². The van der Waals surface area contributed by atoms with Gasteiger partial charge in [-0.05, 0) is 65.7 Å². The smallest absolute Gasteiger partial charge is 0.255 e. The van der Waals surface area contributed by atoms with E-state index in [1.165, 1.54) is 43.7 Å². The Balaban J connectivity index is 1.81. The van der Waals surface area contributed by atoms with Crippen molar-refractivity contribution < 1.29 is 23.1 Å². The molecule has 12 heteroatoms. The van der Waals surface area contributed by atoms with E-state index in [2.05, 4.69) is 26.5 Å². The summed E-state index contributed by atoms with van der Waals surface area (Å²) in [4.78, 5) is 12.6. The molecule has 0 aromatic heterocycles. The molecule has 0 bridgehead atoms. The third-order valence-corrected chi connectivity index (χ3v) is 7.66. The maximum atomic E-state index is 13.3. The molecule has 0 saturated heterocycles. The number of methoxy groups -OCH3 is 1. The molecule has 0 radical (unpaired) electrons. The minimum atomic E-state index is -4.07. The first-order valence-electron chi connectivity index (χ1n) is 9.98. The Morgan fingerprint density at radius 1 is 1.14 bits per heavy atom. The molecule has 1 amide bonds. The predicted molar refractivity (Wildman–Crippen MR) is 139 cm³/mol. The molecule has 0 spiro atoms. The van der Waals surface area contributed by atoms with Gasteiger partial charge in [0.15, 0.2) is 11.5 Å². The van der Waals surface area contributed by atoms with E-state index in [1.54, 1.807) is 30.3 Å². The summed E-state index contributed by atoms with van der Waals surface area (Å²) >= 11 is 15.5. The van der Waals surface area contributed by atoms with Crippen LogP contribution in [0.25, 0.3) is 0 Å². The first-order chi connectivity index (χ1) is 16.6. The van der Waals surface area contributed by atoms with Crippen molar-refractivity contribution in [2.45, 2.75) is 11.4 Å². The third kappa shape index (κ3) is 7.18. The number of hydrogen-bond acceptors (Lipinski definition) is 6. The normalized spacial score (nSPS) is 11.7. The lowest BCUT2D eigenvalue weighted by Gasteiger charge is -2.22. The van der Waals surface area contributed by atoms with Gasteiger partial charge < -0.3 is 9.84 Å². The number of benzene rings is 3. The number of carbonyl (C=O) groups is 1. The second kappa shape index (κ2) is 11.9. The van der Waals surface area contributed by atoms with Gasteiger partial charge in [-0.15, -0.1) is 0 Å². The molecular formula is C23H20BrCl2N3O5S. The van der Waals surface area contributed by atoms with E-state index >= 15 is 0 Å². The van der Waals surface area contributed by atoms with Gasteiger partial charge in [0.1, 0.15) is 0 Å². The second-order valence-corrected chi connectivity index (χ2v) is 10.9. The van der Waals surface area contributed by atoms with Gasteiger partial charge in [0.05, 0.1) is 24.8 Å². The van der Waals surface area contributed by atoms with E-state index in [-0.39, 0.29) is 28.0 Å². The first kappa shape index (κ1) is 27.0. The van der Waals surface area contributed by atoms with Crippen LogP contribution in [-0.2, 0) is 21.4 Å². The lowest BCUT2D eigenvalue weighted by molar-refractivity contribution is -0.121. The minimum Gasteiger partial charge on any atom is -0.504 e. The van der Waals surface area contributed by atoms with Crippen molar-refractivity contribution >= 4 is 61.3 Å². The van der Waals surface area contributed by atoms with Crippen molar-refractivity contribution in [2.75, 3.05) is 13.7 Å². The number of aromatic hydroxyl groups is 1. The second-order valence-electron chi connectivity index (χ2n) is 7.19. The van der Waals surface area contributed by atoms with Gasteiger partial charge >= 0.3 is 0 Å². The van der Waals surface area contributed by atoms with Gasteiger partial charge in [0.2, 0.25) is 10.0 Å². The van der Waals surface area contributed by atoms with Crippen LogP contribution >= 0.6 is 39.1 Å². The van der Waals surface area contributed by atoms with Crippen LogP contribution < -0.4 is 10.2 Å². The Bertz CT molecular complexity index is 1350. The molecule has 0 fully saturated rings. The van der Waals surface area contributed by atoms with E-state index < -0.39 is 22.5 Å². The molecule has 3 aromatic rings. The number of amides is 1. The van der Waals surface area contributed by atoms with Gasteiger partial charge in [-0.2, -0.15) is 9.41 Å². The van der Waals surface area contributed by atoms with Crippen LogP contribution in [0.15, 0.2) is 75.1 Å². The predicted octanol–water partition coefficient (Wildman–Crippen LogP) is 4.81. The molecule has 0 aliphatic carbocycles. The average Bonchev–Trinajstić information content (AvgIpc) is 2.81. The summed E-state index contributed by atoms with van der Waals surface area (Å²) in [6, 6.07) is 15.3. The van der Waals surface area contributed by atoms with Gasteiger partial charge in [0, 0.05) is 21.1 Å². The van der Waals surface area contributed by atoms with Crippen LogP contribution in [0.2, 0.25) is 10.0 Å². The van der Waals surface area contributed by atoms with Crippen LogP contribution in [0.4, 0.5) is 0 Å². The van der Waals surface area contributed by atoms with E-state index in [9.17, 15) is 18.3 Å². The molecule has 0 aliphatic rings. The average molecular weight is 601 g/mol. The molecule has 0 aliphatic heterocycles. The summed E-state index contributed by atoms with van der Waals surface area (Å²) in [6.07, 6.45) is 1.34. The summed E-state index contributed by atoms with van der Waals surface area (Å²) in [5.41, 5.74) is 3.34. The standard InChI is InChI=1S/C23H20BrCl2N3O5S/c1-34-22-10-15(2-9-21(22)30)12-27-28-23(31)14-29(13-16-3-6-18(25)11-20(16)26)35(32,33)19-7-4-17(24)5-8-19/h2-12,30H,13-14H2,1H3,(H,28,31)/b27-12+. The maximum absolute atomic E-state index is 13.3. The van der Waals surface area contributed by atoms with Crippen LogP contribution in [-0.4, -0.2) is 43.6 Å². The van der Waals surface area contributed by atoms with Crippen LogP contribution in [0, 0.1) is 0 Å². The Morgan fingerprint density at radius 2 is 1.86 bits per heavy atom. The molecule has 0 saturated carbocycles. The third-order valence-electron chi connectivity index (χ3n) is 4.74. The highest BCUT2D eigenvalue weighted by atomic mass is 79.9. The molecule has 3 aromatic carbocycles. The van der Waals surface area contributed by atoms with Crippen LogP contribution in [0.3, 0.4) is 0 Å². The number of ether oxygens (including phenoxy) is 1. The Morgan fingerprint density at radius 3 is 2.51 bits per heavy atom. The number of hydrazone groups is 1. The fraction of sp³-hybridized carbons (Fsp3) is 0.130. The molecule has 0 heterocycles. The number of sulfonamides is 1. The van der Waals surface area contributed by atoms with Gasteiger partial charge in [-0.3, -0.25) is 4.79 Å². The van der Waals surface area contributed by atoms with Crippen LogP contribution in [0.5, 0.6) is 11.5 Å². The Labute approximate surface area is 221 Å². The summed E-state index contributed by atoms with van der Waals surface area (Å²) in [5.74, 6) is -0.465. The highest BCUT2D eigenvalue weighted by Crippen LogP contribution is 2.27. The van der Waals surface area contributed by atoms with E-state index in [0.29, 0.717) is 20.6 Å². The zero-order valence-electron chi connectivity index (χ0n) is 18.3. The highest BCUT2D eigenvalue weighted by Gasteiger charge is 2.27. The maximum Gasteiger partial charge on any atom is 0.255 e. The van der Waals surface area contributed by atoms with E-state index in [1.807, 2.05) is 0 Å². The van der Waals surface area contributed by atoms with E-state index in [0.717, 1.165) is 4.31 Å². The number of nitrogens with zero attached hydrogens (tertiary/aromatic N) is 2. The molecular weight excluding hydrogens is 581 g/mol. The largest absolute Gasteiger partial charge is 0.504 e. The van der Waals surface area contributed by atoms with Crippen molar-refractivity contribution in [1.82, 2.24) is 9.73 Å². The zero-order chi connectivity index (χ0) is 25.6. The van der Waals surface area contributed by atoms with Crippen molar-refractivity contribution in [3.8, 4) is 11.5 Å². The first-order valence-corrected chi connectivity index (χ1v) is 13.0. The minimum absolute atomic E-state index is 0.0123. The van der Waals surface area contributed by atoms with Gasteiger partial charge in [-0.1, -0.05) is 45.2 Å². The Kier molecular flexibility index (Phi) is 9.15. The lowest BCUT2D eigenvalue weighted by atomic mass is 10.2. The molecule has 184 valence electrons. The van der Waals surface area contributed by atoms with Crippen molar-refractivity contribution in [1.29, 1.82) is 0 Å². The highest BCUT2D eigenvalue weighted by molar-refractivity contribution is 9.10. The van der Waals surface area contributed by atoms with Gasteiger partial charge in [0.25, 0.3) is 5.91 Å². The molecule has 3 rings (SSSR count). The van der Waals surface area contributed by atoms with Crippen LogP contribution in [0.1, 0.15) is 11.1 Å². The number of phenolic OH excluding ortho intramolecular Hbond substituents is 1. The summed E-state index contributed by atoms with van der Waals surface area (Å²) in [5, 5.41) is 14.2. The SMILES string of the molecule is COc1cc(/C=N/NC(=O)CN(Cc2ccc(Cl)cc2Cl)S(=O)(=O)c2ccc(Br)cc2)ccc1O. The molecule has 0 unspecified atom stereocenters. The fourth-order valence-corrected chi connectivity index (χ4v) is 5.08. The number of carbonyl (C=O) groups excluding carboxylic acids is 1. The Hall–Kier alpha value is -2.63. The number of hydrogen-bond donors (Lipinski definition) is 2. The summed E-state index contributed by atoms with van der Waals surface area (Å²) in [7, 11) is -2.66. The molecule has 8 nitrogen and oxygen atoms in total.